The van der Waals surface area contributed by atoms with E-state index in [-0.39, 0.29) is 0 Å². The molecule has 1 heteroatoms. The third kappa shape index (κ3) is 0.406. The fourth-order valence-electron chi connectivity index (χ4n) is 8.76. The van der Waals surface area contributed by atoms with Gasteiger partial charge in [0.1, 0.15) is 0 Å². The van der Waals surface area contributed by atoms with Crippen molar-refractivity contribution in [3.05, 3.63) is 0 Å². The maximum absolute atomic E-state index is 2.54. The Labute approximate surface area is 97.6 Å². The Morgan fingerprint density at radius 2 is 1.94 bits per heavy atom. The maximum atomic E-state index is 2.54. The van der Waals surface area contributed by atoms with Gasteiger partial charge in [-0.1, -0.05) is 6.92 Å². The summed E-state index contributed by atoms with van der Waals surface area (Å²) < 4.78 is 0. The van der Waals surface area contributed by atoms with Crippen molar-refractivity contribution < 1.29 is 0 Å². The van der Waals surface area contributed by atoms with E-state index in [2.05, 4.69) is 18.9 Å². The minimum absolute atomic E-state index is 0.919. The number of nitrogens with zero attached hydrogens (tertiary/aromatic N) is 1. The van der Waals surface area contributed by atoms with Gasteiger partial charge in [0.25, 0.3) is 0 Å². The molecule has 0 bridgehead atoms. The molecule has 5 rings (SSSR count). The van der Waals surface area contributed by atoms with E-state index in [1.807, 2.05) is 0 Å². The van der Waals surface area contributed by atoms with Crippen LogP contribution in [0.5, 0.6) is 0 Å². The summed E-state index contributed by atoms with van der Waals surface area (Å²) in [7, 11) is 2.31. The molecule has 5 fully saturated rings. The summed E-state index contributed by atoms with van der Waals surface area (Å²) in [6.45, 7) is 5.36. The molecule has 4 aliphatic carbocycles. The van der Waals surface area contributed by atoms with Gasteiger partial charge in [0.05, 0.1) is 0 Å². The highest BCUT2D eigenvalue weighted by molar-refractivity contribution is 5.48. The van der Waals surface area contributed by atoms with Crippen LogP contribution in [0.2, 0.25) is 0 Å². The Kier molecular flexibility index (Phi) is 0.928. The van der Waals surface area contributed by atoms with Crippen LogP contribution in [0.3, 0.4) is 0 Å². The maximum Gasteiger partial charge on any atom is 0.00246 e. The molecule has 0 N–H and O–H groups in total. The number of likely N-dealkylation sites (tertiary alicyclic amines) is 1. The van der Waals surface area contributed by atoms with Crippen molar-refractivity contribution >= 4 is 0 Å². The molecule has 8 atom stereocenters. The fraction of sp³-hybridized carbons (Fsp3) is 1.00. The van der Waals surface area contributed by atoms with Crippen LogP contribution in [0.25, 0.3) is 0 Å². The van der Waals surface area contributed by atoms with Crippen LogP contribution in [-0.4, -0.2) is 25.0 Å². The minimum Gasteiger partial charge on any atom is -0.306 e. The Morgan fingerprint density at radius 3 is 2.38 bits per heavy atom. The van der Waals surface area contributed by atoms with E-state index in [1.54, 1.807) is 6.42 Å². The molecule has 1 saturated heterocycles. The largest absolute Gasteiger partial charge is 0.306 e. The lowest BCUT2D eigenvalue weighted by atomic mass is 9.22. The summed E-state index contributed by atoms with van der Waals surface area (Å²) in [5.74, 6) is 8.58. The van der Waals surface area contributed by atoms with Crippen LogP contribution in [0.4, 0.5) is 0 Å². The van der Waals surface area contributed by atoms with Crippen LogP contribution in [-0.2, 0) is 0 Å². The summed E-state index contributed by atoms with van der Waals surface area (Å²) in [5, 5.41) is 0. The van der Waals surface area contributed by atoms with Crippen molar-refractivity contribution in [1.82, 2.24) is 4.90 Å². The van der Waals surface area contributed by atoms with Crippen molar-refractivity contribution in [1.29, 1.82) is 0 Å². The molecule has 16 heavy (non-hydrogen) atoms. The van der Waals surface area contributed by atoms with Crippen LogP contribution >= 0.6 is 0 Å². The highest BCUT2D eigenvalue weighted by Gasteiger charge is 3.01. The second-order valence-electron chi connectivity index (χ2n) is 8.00. The highest BCUT2D eigenvalue weighted by Crippen LogP contribution is 3.05. The minimum atomic E-state index is 0.919. The van der Waals surface area contributed by atoms with Crippen LogP contribution in [0, 0.1) is 52.3 Å². The van der Waals surface area contributed by atoms with Gasteiger partial charge in [-0.05, 0) is 72.1 Å². The monoisotopic (exact) mass is 215 g/mol. The van der Waals surface area contributed by atoms with Crippen molar-refractivity contribution in [2.75, 3.05) is 20.1 Å². The topological polar surface area (TPSA) is 3.24 Å². The lowest BCUT2D eigenvalue weighted by Gasteiger charge is -2.83. The van der Waals surface area contributed by atoms with Crippen molar-refractivity contribution in [3.63, 3.8) is 0 Å². The number of rotatable bonds is 2. The van der Waals surface area contributed by atoms with Gasteiger partial charge >= 0.3 is 0 Å². The third-order valence-electron chi connectivity index (χ3n) is 8.61. The van der Waals surface area contributed by atoms with E-state index >= 15 is 0 Å². The molecule has 1 aliphatic heterocycles. The Hall–Kier alpha value is -0.0400. The molecule has 0 spiro atoms. The Balaban J connectivity index is 1.46. The highest BCUT2D eigenvalue weighted by atomic mass is 15.2. The average Bonchev–Trinajstić information content (AvgIpc) is 2.91. The second-order valence-corrected chi connectivity index (χ2v) is 8.00. The van der Waals surface area contributed by atoms with Gasteiger partial charge in [-0.15, -0.1) is 0 Å². The summed E-state index contributed by atoms with van der Waals surface area (Å²) in [4.78, 5) is 2.54. The smallest absolute Gasteiger partial charge is 0.00246 e. The summed E-state index contributed by atoms with van der Waals surface area (Å²) in [6.07, 6.45) is 3.18. The van der Waals surface area contributed by atoms with Crippen LogP contribution in [0.1, 0.15) is 19.8 Å². The average molecular weight is 215 g/mol. The molecule has 1 heterocycles. The summed E-state index contributed by atoms with van der Waals surface area (Å²) >= 11 is 0. The summed E-state index contributed by atoms with van der Waals surface area (Å²) in [5.41, 5.74) is 1.87. The van der Waals surface area contributed by atoms with Crippen molar-refractivity contribution in [2.24, 2.45) is 52.3 Å². The first kappa shape index (κ1) is 8.13. The molecule has 4 saturated carbocycles. The summed E-state index contributed by atoms with van der Waals surface area (Å²) in [6, 6.07) is 0. The van der Waals surface area contributed by atoms with E-state index in [4.69, 9.17) is 0 Å². The van der Waals surface area contributed by atoms with Crippen molar-refractivity contribution in [3.8, 4) is 0 Å². The number of hydrogen-bond acceptors (Lipinski definition) is 1. The second kappa shape index (κ2) is 1.83. The van der Waals surface area contributed by atoms with Gasteiger partial charge < -0.3 is 4.90 Å². The third-order valence-corrected chi connectivity index (χ3v) is 8.61. The predicted octanol–water partition coefficient (Wildman–Crippen LogP) is 2.09. The number of hydrogen-bond donors (Lipinski definition) is 0. The molecular weight excluding hydrogens is 194 g/mol. The predicted molar refractivity (Wildman–Crippen MR) is 61.7 cm³/mol. The molecule has 5 aliphatic rings. The van der Waals surface area contributed by atoms with E-state index in [0.29, 0.717) is 0 Å². The van der Waals surface area contributed by atoms with E-state index in [9.17, 15) is 0 Å². The Bertz CT molecular complexity index is 408. The zero-order chi connectivity index (χ0) is 10.4. The fourth-order valence-corrected chi connectivity index (χ4v) is 8.76. The zero-order valence-electron chi connectivity index (χ0n) is 10.3. The van der Waals surface area contributed by atoms with E-state index in [1.165, 1.54) is 55.0 Å². The molecule has 1 nitrogen and oxygen atoms in total. The van der Waals surface area contributed by atoms with Gasteiger partial charge in [0, 0.05) is 13.1 Å². The molecule has 0 amide bonds. The number of fused-ring (bicyclic) bond motifs is 11. The quantitative estimate of drug-likeness (QED) is 0.638. The first-order valence-corrected chi connectivity index (χ1v) is 7.45. The first-order chi connectivity index (χ1) is 7.76. The van der Waals surface area contributed by atoms with E-state index in [0.717, 1.165) is 16.7 Å². The standard InChI is InChI=1S/C15H21N/c1-3-14-4-8-9-10(14)13-12(14)11(9)15(8,13)7-5-16(2)6-7/h7-13H,3-6H2,1-2H3. The SMILES string of the molecule is CCC12CC3C4C1C1C2C4C31C1CN(C)C1. The van der Waals surface area contributed by atoms with Crippen LogP contribution in [0.15, 0.2) is 0 Å². The van der Waals surface area contributed by atoms with Gasteiger partial charge in [-0.2, -0.15) is 0 Å². The molecule has 8 unspecified atom stereocenters. The molecular formula is C15H21N. The lowest BCUT2D eigenvalue weighted by molar-refractivity contribution is -0.360. The Morgan fingerprint density at radius 1 is 1.12 bits per heavy atom. The molecule has 0 aromatic carbocycles. The normalized spacial score (nSPS) is 76.9. The van der Waals surface area contributed by atoms with Crippen LogP contribution < -0.4 is 0 Å². The van der Waals surface area contributed by atoms with Gasteiger partial charge in [0.2, 0.25) is 0 Å². The van der Waals surface area contributed by atoms with E-state index < -0.39 is 0 Å². The lowest BCUT2D eigenvalue weighted by Crippen LogP contribution is -2.81. The van der Waals surface area contributed by atoms with Gasteiger partial charge in [-0.3, -0.25) is 0 Å². The van der Waals surface area contributed by atoms with Gasteiger partial charge in [0.15, 0.2) is 0 Å². The molecule has 0 radical (unpaired) electrons. The molecule has 0 aromatic heterocycles. The molecule has 86 valence electrons. The van der Waals surface area contributed by atoms with Gasteiger partial charge in [-0.25, -0.2) is 0 Å². The molecule has 0 aromatic rings. The first-order valence-electron chi connectivity index (χ1n) is 7.45. The van der Waals surface area contributed by atoms with Crippen molar-refractivity contribution in [2.45, 2.75) is 19.8 Å². The zero-order valence-corrected chi connectivity index (χ0v) is 10.3.